The number of nitrogens with one attached hydrogen (secondary N) is 1. The highest BCUT2D eigenvalue weighted by Gasteiger charge is 2.16. The number of hydrogen-bond donors (Lipinski definition) is 2. The molecule has 1 unspecified atom stereocenters. The van der Waals surface area contributed by atoms with Crippen molar-refractivity contribution in [1.82, 2.24) is 10.3 Å². The van der Waals surface area contributed by atoms with E-state index in [0.29, 0.717) is 12.1 Å². The fraction of sp³-hybridized carbons (Fsp3) is 0.417. The number of primary amides is 1. The molecular formula is C12H15N3O3. The molecule has 0 aromatic carbocycles. The average Bonchev–Trinajstić information content (AvgIpc) is 2.89. The molecule has 1 aliphatic rings. The highest BCUT2D eigenvalue weighted by Crippen LogP contribution is 2.10. The van der Waals surface area contributed by atoms with Crippen LogP contribution in [-0.4, -0.2) is 36.1 Å². The van der Waals surface area contributed by atoms with E-state index in [9.17, 15) is 9.59 Å². The predicted molar refractivity (Wildman–Crippen MR) is 64.1 cm³/mol. The fourth-order valence-electron chi connectivity index (χ4n) is 1.79. The van der Waals surface area contributed by atoms with Gasteiger partial charge in [-0.1, -0.05) is 0 Å². The minimum Gasteiger partial charge on any atom is -0.376 e. The van der Waals surface area contributed by atoms with E-state index in [2.05, 4.69) is 10.3 Å². The Bertz CT molecular complexity index is 438. The van der Waals surface area contributed by atoms with E-state index < -0.39 is 5.91 Å². The van der Waals surface area contributed by atoms with Crippen molar-refractivity contribution < 1.29 is 14.3 Å². The van der Waals surface area contributed by atoms with Gasteiger partial charge in [0.1, 0.15) is 5.69 Å². The summed E-state index contributed by atoms with van der Waals surface area (Å²) in [6, 6.07) is 2.96. The summed E-state index contributed by atoms with van der Waals surface area (Å²) in [6.07, 6.45) is 3.45. The minimum atomic E-state index is -0.610. The zero-order valence-electron chi connectivity index (χ0n) is 9.89. The standard InChI is InChI=1S/C12H15N3O3/c13-11(16)10-4-3-8(6-14-10)12(17)15-7-9-2-1-5-18-9/h3-4,6,9H,1-2,5,7H2,(H2,13,16)(H,15,17). The van der Waals surface area contributed by atoms with Crippen molar-refractivity contribution in [2.45, 2.75) is 18.9 Å². The van der Waals surface area contributed by atoms with Gasteiger partial charge in [-0.3, -0.25) is 14.6 Å². The Hall–Kier alpha value is -1.95. The number of ether oxygens (including phenoxy) is 1. The van der Waals surface area contributed by atoms with Crippen molar-refractivity contribution in [1.29, 1.82) is 0 Å². The molecule has 1 saturated heterocycles. The van der Waals surface area contributed by atoms with Crippen LogP contribution in [0, 0.1) is 0 Å². The lowest BCUT2D eigenvalue weighted by Crippen LogP contribution is -2.31. The molecule has 1 atom stereocenters. The number of pyridine rings is 1. The molecule has 0 spiro atoms. The lowest BCUT2D eigenvalue weighted by Gasteiger charge is -2.10. The minimum absolute atomic E-state index is 0.104. The summed E-state index contributed by atoms with van der Waals surface area (Å²) in [4.78, 5) is 26.4. The van der Waals surface area contributed by atoms with Crippen molar-refractivity contribution in [3.63, 3.8) is 0 Å². The van der Waals surface area contributed by atoms with Crippen molar-refractivity contribution >= 4 is 11.8 Å². The first-order valence-corrected chi connectivity index (χ1v) is 5.82. The number of rotatable bonds is 4. The Morgan fingerprint density at radius 1 is 1.50 bits per heavy atom. The second-order valence-corrected chi connectivity index (χ2v) is 4.14. The molecule has 1 aromatic rings. The molecule has 1 aliphatic heterocycles. The molecule has 6 heteroatoms. The van der Waals surface area contributed by atoms with E-state index >= 15 is 0 Å². The van der Waals surface area contributed by atoms with Gasteiger partial charge in [0.15, 0.2) is 0 Å². The molecule has 0 aliphatic carbocycles. The molecular weight excluding hydrogens is 234 g/mol. The highest BCUT2D eigenvalue weighted by molar-refractivity contribution is 5.95. The molecule has 6 nitrogen and oxygen atoms in total. The van der Waals surface area contributed by atoms with Crippen LogP contribution < -0.4 is 11.1 Å². The fourth-order valence-corrected chi connectivity index (χ4v) is 1.79. The number of nitrogens with two attached hydrogens (primary N) is 1. The van der Waals surface area contributed by atoms with Crippen LogP contribution in [0.5, 0.6) is 0 Å². The third kappa shape index (κ3) is 3.04. The Balaban J connectivity index is 1.89. The molecule has 2 amide bonds. The average molecular weight is 249 g/mol. The van der Waals surface area contributed by atoms with Gasteiger partial charge in [-0.15, -0.1) is 0 Å². The summed E-state index contributed by atoms with van der Waals surface area (Å²) in [7, 11) is 0. The highest BCUT2D eigenvalue weighted by atomic mass is 16.5. The summed E-state index contributed by atoms with van der Waals surface area (Å²) >= 11 is 0. The summed E-state index contributed by atoms with van der Waals surface area (Å²) < 4.78 is 5.40. The Kier molecular flexibility index (Phi) is 3.88. The van der Waals surface area contributed by atoms with Gasteiger partial charge in [0.2, 0.25) is 0 Å². The van der Waals surface area contributed by atoms with Crippen LogP contribution in [0.3, 0.4) is 0 Å². The predicted octanol–water partition coefficient (Wildman–Crippen LogP) is 0.0893. The van der Waals surface area contributed by atoms with E-state index in [1.165, 1.54) is 18.3 Å². The Labute approximate surface area is 105 Å². The quantitative estimate of drug-likeness (QED) is 0.790. The van der Waals surface area contributed by atoms with Crippen LogP contribution in [-0.2, 0) is 4.74 Å². The maximum absolute atomic E-state index is 11.8. The van der Waals surface area contributed by atoms with Gasteiger partial charge in [-0.05, 0) is 25.0 Å². The second kappa shape index (κ2) is 5.59. The van der Waals surface area contributed by atoms with E-state index in [0.717, 1.165) is 19.4 Å². The van der Waals surface area contributed by atoms with Crippen LogP contribution in [0.1, 0.15) is 33.7 Å². The molecule has 1 fully saturated rings. The zero-order chi connectivity index (χ0) is 13.0. The summed E-state index contributed by atoms with van der Waals surface area (Å²) in [5.41, 5.74) is 5.61. The Morgan fingerprint density at radius 3 is 2.89 bits per heavy atom. The second-order valence-electron chi connectivity index (χ2n) is 4.14. The number of carbonyl (C=O) groups excluding carboxylic acids is 2. The monoisotopic (exact) mass is 249 g/mol. The number of amides is 2. The van der Waals surface area contributed by atoms with Crippen molar-refractivity contribution in [3.8, 4) is 0 Å². The molecule has 0 bridgehead atoms. The number of aromatic nitrogens is 1. The molecule has 2 heterocycles. The van der Waals surface area contributed by atoms with Gasteiger partial charge < -0.3 is 15.8 Å². The van der Waals surface area contributed by atoms with Gasteiger partial charge in [-0.2, -0.15) is 0 Å². The topological polar surface area (TPSA) is 94.3 Å². The number of hydrogen-bond acceptors (Lipinski definition) is 4. The number of carbonyl (C=O) groups is 2. The van der Waals surface area contributed by atoms with Crippen LogP contribution >= 0.6 is 0 Å². The largest absolute Gasteiger partial charge is 0.376 e. The normalized spacial score (nSPS) is 18.6. The lowest BCUT2D eigenvalue weighted by molar-refractivity contribution is 0.0857. The van der Waals surface area contributed by atoms with Crippen LogP contribution in [0.2, 0.25) is 0 Å². The van der Waals surface area contributed by atoms with E-state index in [-0.39, 0.29) is 17.7 Å². The third-order valence-electron chi connectivity index (χ3n) is 2.79. The van der Waals surface area contributed by atoms with Crippen LogP contribution in [0.4, 0.5) is 0 Å². The molecule has 0 saturated carbocycles. The van der Waals surface area contributed by atoms with Gasteiger partial charge in [0, 0.05) is 19.3 Å². The molecule has 1 aromatic heterocycles. The van der Waals surface area contributed by atoms with Crippen LogP contribution in [0.15, 0.2) is 18.3 Å². The molecule has 18 heavy (non-hydrogen) atoms. The number of nitrogens with zero attached hydrogens (tertiary/aromatic N) is 1. The lowest BCUT2D eigenvalue weighted by atomic mass is 10.2. The van der Waals surface area contributed by atoms with Crippen LogP contribution in [0.25, 0.3) is 0 Å². The van der Waals surface area contributed by atoms with Crippen molar-refractivity contribution in [3.05, 3.63) is 29.6 Å². The van der Waals surface area contributed by atoms with E-state index in [1.807, 2.05) is 0 Å². The van der Waals surface area contributed by atoms with E-state index in [4.69, 9.17) is 10.5 Å². The van der Waals surface area contributed by atoms with E-state index in [1.54, 1.807) is 0 Å². The first-order chi connectivity index (χ1) is 8.66. The summed E-state index contributed by atoms with van der Waals surface area (Å²) in [5, 5.41) is 2.77. The maximum Gasteiger partial charge on any atom is 0.267 e. The molecule has 2 rings (SSSR count). The van der Waals surface area contributed by atoms with Crippen molar-refractivity contribution in [2.75, 3.05) is 13.2 Å². The molecule has 96 valence electrons. The smallest absolute Gasteiger partial charge is 0.267 e. The maximum atomic E-state index is 11.8. The van der Waals surface area contributed by atoms with Gasteiger partial charge in [0.25, 0.3) is 11.8 Å². The summed E-state index contributed by atoms with van der Waals surface area (Å²) in [5.74, 6) is -0.838. The zero-order valence-corrected chi connectivity index (χ0v) is 9.89. The SMILES string of the molecule is NC(=O)c1ccc(C(=O)NCC2CCCO2)cn1. The Morgan fingerprint density at radius 2 is 2.33 bits per heavy atom. The molecule has 0 radical (unpaired) electrons. The van der Waals surface area contributed by atoms with Gasteiger partial charge in [-0.25, -0.2) is 0 Å². The molecule has 3 N–H and O–H groups in total. The first kappa shape index (κ1) is 12.5. The third-order valence-corrected chi connectivity index (χ3v) is 2.79. The van der Waals surface area contributed by atoms with Crippen molar-refractivity contribution in [2.24, 2.45) is 5.73 Å². The van der Waals surface area contributed by atoms with Gasteiger partial charge >= 0.3 is 0 Å². The first-order valence-electron chi connectivity index (χ1n) is 5.82. The van der Waals surface area contributed by atoms with Gasteiger partial charge in [0.05, 0.1) is 11.7 Å². The summed E-state index contributed by atoms with van der Waals surface area (Å²) in [6.45, 7) is 1.26.